The molecule has 0 N–H and O–H groups in total. The quantitative estimate of drug-likeness (QED) is 0.767. The van der Waals surface area contributed by atoms with Crippen LogP contribution >= 0.6 is 11.6 Å². The molecule has 0 aromatic carbocycles. The smallest absolute Gasteiger partial charge is 0.214 e. The second-order valence-corrected chi connectivity index (χ2v) is 7.36. The Balaban J connectivity index is 1.99. The molecule has 1 aromatic heterocycles. The van der Waals surface area contributed by atoms with Crippen molar-refractivity contribution < 1.29 is 13.2 Å². The standard InChI is InChI=1S/C13H19ClN2O3S/c1-11-9-16(10-13(8-14)19-11)20(17,18)7-4-12-2-5-15-6-3-12/h2-3,5-6,11,13H,4,7-10H2,1H3. The van der Waals surface area contributed by atoms with Crippen molar-refractivity contribution in [2.24, 2.45) is 0 Å². The first-order valence-electron chi connectivity index (χ1n) is 6.59. The van der Waals surface area contributed by atoms with Crippen LogP contribution < -0.4 is 0 Å². The number of ether oxygens (including phenoxy) is 1. The topological polar surface area (TPSA) is 59.5 Å². The number of aryl methyl sites for hydroxylation is 1. The van der Waals surface area contributed by atoms with E-state index in [0.717, 1.165) is 5.56 Å². The predicted octanol–water partition coefficient (Wildman–Crippen LogP) is 1.28. The van der Waals surface area contributed by atoms with Crippen LogP contribution in [-0.4, -0.2) is 54.6 Å². The summed E-state index contributed by atoms with van der Waals surface area (Å²) in [5, 5.41) is 0. The Kier molecular flexibility index (Phi) is 5.37. The van der Waals surface area contributed by atoms with E-state index in [9.17, 15) is 8.42 Å². The molecular weight excluding hydrogens is 300 g/mol. The summed E-state index contributed by atoms with van der Waals surface area (Å²) in [6.07, 6.45) is 3.48. The number of hydrogen-bond donors (Lipinski definition) is 0. The predicted molar refractivity (Wildman–Crippen MR) is 78.4 cm³/mol. The van der Waals surface area contributed by atoms with Crippen molar-refractivity contribution in [3.05, 3.63) is 30.1 Å². The molecule has 0 aliphatic carbocycles. The van der Waals surface area contributed by atoms with Gasteiger partial charge in [0.1, 0.15) is 0 Å². The lowest BCUT2D eigenvalue weighted by Crippen LogP contribution is -2.50. The zero-order valence-corrected chi connectivity index (χ0v) is 13.0. The lowest BCUT2D eigenvalue weighted by molar-refractivity contribution is -0.0423. The second kappa shape index (κ2) is 6.85. The van der Waals surface area contributed by atoms with Gasteiger partial charge in [-0.3, -0.25) is 4.98 Å². The van der Waals surface area contributed by atoms with Crippen molar-refractivity contribution in [3.8, 4) is 0 Å². The van der Waals surface area contributed by atoms with Gasteiger partial charge in [0.15, 0.2) is 0 Å². The summed E-state index contributed by atoms with van der Waals surface area (Å²) in [7, 11) is -3.28. The van der Waals surface area contributed by atoms with E-state index in [1.807, 2.05) is 19.1 Å². The van der Waals surface area contributed by atoms with Crippen LogP contribution in [0.2, 0.25) is 0 Å². The van der Waals surface area contributed by atoms with E-state index >= 15 is 0 Å². The van der Waals surface area contributed by atoms with E-state index in [4.69, 9.17) is 16.3 Å². The fraction of sp³-hybridized carbons (Fsp3) is 0.615. The maximum absolute atomic E-state index is 12.4. The normalized spacial score (nSPS) is 24.7. The van der Waals surface area contributed by atoms with Crippen molar-refractivity contribution in [2.75, 3.05) is 24.7 Å². The minimum Gasteiger partial charge on any atom is -0.371 e. The van der Waals surface area contributed by atoms with Gasteiger partial charge in [0, 0.05) is 31.4 Å². The van der Waals surface area contributed by atoms with Crippen LogP contribution in [0.15, 0.2) is 24.5 Å². The monoisotopic (exact) mass is 318 g/mol. The highest BCUT2D eigenvalue weighted by Gasteiger charge is 2.32. The Bertz CT molecular complexity index is 524. The average Bonchev–Trinajstić information content (AvgIpc) is 2.45. The summed E-state index contributed by atoms with van der Waals surface area (Å²) in [5.41, 5.74) is 0.971. The van der Waals surface area contributed by atoms with Gasteiger partial charge >= 0.3 is 0 Å². The maximum atomic E-state index is 12.4. The van der Waals surface area contributed by atoms with Crippen molar-refractivity contribution in [3.63, 3.8) is 0 Å². The SMILES string of the molecule is CC1CN(S(=O)(=O)CCc2ccncc2)CC(CCl)O1. The molecule has 1 aliphatic heterocycles. The Morgan fingerprint density at radius 3 is 2.75 bits per heavy atom. The molecule has 20 heavy (non-hydrogen) atoms. The molecule has 0 saturated carbocycles. The summed E-state index contributed by atoms with van der Waals surface area (Å²) in [4.78, 5) is 3.92. The fourth-order valence-corrected chi connectivity index (χ4v) is 3.99. The third-order valence-electron chi connectivity index (χ3n) is 3.26. The van der Waals surface area contributed by atoms with Gasteiger partial charge in [-0.15, -0.1) is 11.6 Å². The molecule has 7 heteroatoms. The minimum absolute atomic E-state index is 0.0960. The molecule has 1 saturated heterocycles. The van der Waals surface area contributed by atoms with E-state index < -0.39 is 10.0 Å². The molecular formula is C13H19ClN2O3S. The molecule has 5 nitrogen and oxygen atoms in total. The number of nitrogens with zero attached hydrogens (tertiary/aromatic N) is 2. The van der Waals surface area contributed by atoms with Crippen molar-refractivity contribution in [1.29, 1.82) is 0 Å². The van der Waals surface area contributed by atoms with E-state index in [1.165, 1.54) is 4.31 Å². The molecule has 2 heterocycles. The van der Waals surface area contributed by atoms with Gasteiger partial charge in [-0.05, 0) is 31.0 Å². The zero-order valence-electron chi connectivity index (χ0n) is 11.4. The number of hydrogen-bond acceptors (Lipinski definition) is 4. The summed E-state index contributed by atoms with van der Waals surface area (Å²) in [6.45, 7) is 2.60. The highest BCUT2D eigenvalue weighted by molar-refractivity contribution is 7.89. The van der Waals surface area contributed by atoms with Crippen molar-refractivity contribution in [1.82, 2.24) is 9.29 Å². The number of alkyl halides is 1. The molecule has 2 atom stereocenters. The molecule has 0 amide bonds. The average molecular weight is 319 g/mol. The number of sulfonamides is 1. The van der Waals surface area contributed by atoms with E-state index in [1.54, 1.807) is 12.4 Å². The van der Waals surface area contributed by atoms with Crippen LogP contribution in [0.1, 0.15) is 12.5 Å². The van der Waals surface area contributed by atoms with Crippen LogP contribution in [0.5, 0.6) is 0 Å². The van der Waals surface area contributed by atoms with Crippen LogP contribution in [-0.2, 0) is 21.2 Å². The largest absolute Gasteiger partial charge is 0.371 e. The highest BCUT2D eigenvalue weighted by Crippen LogP contribution is 2.17. The summed E-state index contributed by atoms with van der Waals surface area (Å²) >= 11 is 5.78. The summed E-state index contributed by atoms with van der Waals surface area (Å²) in [6, 6.07) is 3.66. The van der Waals surface area contributed by atoms with E-state index in [0.29, 0.717) is 25.4 Å². The fourth-order valence-electron chi connectivity index (χ4n) is 2.24. The van der Waals surface area contributed by atoms with Crippen LogP contribution in [0.4, 0.5) is 0 Å². The Labute approximate surface area is 125 Å². The molecule has 1 aromatic rings. The second-order valence-electron chi connectivity index (χ2n) is 4.96. The van der Waals surface area contributed by atoms with E-state index in [-0.39, 0.29) is 18.0 Å². The molecule has 1 aliphatic rings. The molecule has 0 bridgehead atoms. The van der Waals surface area contributed by atoms with Crippen molar-refractivity contribution in [2.45, 2.75) is 25.6 Å². The van der Waals surface area contributed by atoms with Crippen LogP contribution in [0.25, 0.3) is 0 Å². The first kappa shape index (κ1) is 15.7. The molecule has 1 fully saturated rings. The lowest BCUT2D eigenvalue weighted by atomic mass is 10.2. The third-order valence-corrected chi connectivity index (χ3v) is 5.41. The Morgan fingerprint density at radius 2 is 2.10 bits per heavy atom. The van der Waals surface area contributed by atoms with Crippen molar-refractivity contribution >= 4 is 21.6 Å². The number of halogens is 1. The number of rotatable bonds is 5. The number of morpholine rings is 1. The van der Waals surface area contributed by atoms with Gasteiger partial charge in [-0.1, -0.05) is 0 Å². The lowest BCUT2D eigenvalue weighted by Gasteiger charge is -2.35. The molecule has 2 rings (SSSR count). The highest BCUT2D eigenvalue weighted by atomic mass is 35.5. The number of pyridine rings is 1. The van der Waals surface area contributed by atoms with Gasteiger partial charge in [0.25, 0.3) is 0 Å². The first-order chi connectivity index (χ1) is 9.51. The minimum atomic E-state index is -3.28. The summed E-state index contributed by atoms with van der Waals surface area (Å²) in [5.74, 6) is 0.402. The van der Waals surface area contributed by atoms with Gasteiger partial charge in [0.2, 0.25) is 10.0 Å². The number of aromatic nitrogens is 1. The van der Waals surface area contributed by atoms with E-state index in [2.05, 4.69) is 4.98 Å². The van der Waals surface area contributed by atoms with Gasteiger partial charge < -0.3 is 4.74 Å². The van der Waals surface area contributed by atoms with Gasteiger partial charge in [-0.25, -0.2) is 8.42 Å². The zero-order chi connectivity index (χ0) is 14.6. The van der Waals surface area contributed by atoms with Crippen LogP contribution in [0.3, 0.4) is 0 Å². The first-order valence-corrected chi connectivity index (χ1v) is 8.74. The van der Waals surface area contributed by atoms with Crippen LogP contribution in [0, 0.1) is 0 Å². The Morgan fingerprint density at radius 1 is 1.40 bits per heavy atom. The third kappa shape index (κ3) is 4.15. The van der Waals surface area contributed by atoms with Gasteiger partial charge in [-0.2, -0.15) is 4.31 Å². The van der Waals surface area contributed by atoms with Gasteiger partial charge in [0.05, 0.1) is 18.0 Å². The Hall–Kier alpha value is -0.690. The molecule has 2 unspecified atom stereocenters. The molecule has 0 radical (unpaired) electrons. The molecule has 0 spiro atoms. The maximum Gasteiger partial charge on any atom is 0.214 e. The summed E-state index contributed by atoms with van der Waals surface area (Å²) < 4.78 is 31.8. The molecule has 112 valence electrons.